The third kappa shape index (κ3) is 5.01. The highest BCUT2D eigenvalue weighted by molar-refractivity contribution is 7.89. The predicted octanol–water partition coefficient (Wildman–Crippen LogP) is 3.25. The Morgan fingerprint density at radius 2 is 1.93 bits per heavy atom. The quantitative estimate of drug-likeness (QED) is 0.762. The fourth-order valence-electron chi connectivity index (χ4n) is 2.94. The molecular weight excluding hydrogens is 383 g/mol. The molecule has 8 heteroatoms. The van der Waals surface area contributed by atoms with E-state index in [1.807, 2.05) is 13.8 Å². The van der Waals surface area contributed by atoms with Crippen molar-refractivity contribution in [3.05, 3.63) is 53.8 Å². The molecule has 2 aromatic carbocycles. The Labute approximate surface area is 165 Å². The maximum Gasteiger partial charge on any atom is 0.243 e. The molecule has 0 radical (unpaired) electrons. The summed E-state index contributed by atoms with van der Waals surface area (Å²) in [6.07, 6.45) is -0.0728. The Bertz CT molecular complexity index is 912. The summed E-state index contributed by atoms with van der Waals surface area (Å²) in [5.41, 5.74) is 1.30. The topological polar surface area (TPSA) is 67.9 Å². The first-order valence-electron chi connectivity index (χ1n) is 9.23. The number of sulfonamides is 1. The summed E-state index contributed by atoms with van der Waals surface area (Å²) >= 11 is 0. The summed E-state index contributed by atoms with van der Waals surface area (Å²) in [4.78, 5) is 0.187. The summed E-state index contributed by atoms with van der Waals surface area (Å²) < 4.78 is 51.8. The second kappa shape index (κ2) is 8.89. The average molecular weight is 408 g/mol. The first-order valence-corrected chi connectivity index (χ1v) is 10.7. The monoisotopic (exact) mass is 408 g/mol. The Hall–Kier alpha value is -2.16. The normalized spacial score (nSPS) is 15.6. The van der Waals surface area contributed by atoms with E-state index in [1.165, 1.54) is 16.4 Å². The zero-order valence-corrected chi connectivity index (χ0v) is 16.8. The van der Waals surface area contributed by atoms with Gasteiger partial charge < -0.3 is 14.8 Å². The molecule has 0 aliphatic carbocycles. The lowest BCUT2D eigenvalue weighted by molar-refractivity contribution is 0.0730. The first kappa shape index (κ1) is 20.6. The van der Waals surface area contributed by atoms with Gasteiger partial charge in [-0.15, -0.1) is 0 Å². The number of ether oxygens (including phenoxy) is 2. The van der Waals surface area contributed by atoms with Crippen LogP contribution in [0.1, 0.15) is 19.4 Å². The van der Waals surface area contributed by atoms with Crippen molar-refractivity contribution in [3.63, 3.8) is 0 Å². The van der Waals surface area contributed by atoms with Gasteiger partial charge in [-0.25, -0.2) is 12.8 Å². The van der Waals surface area contributed by atoms with Crippen LogP contribution in [0.5, 0.6) is 5.75 Å². The van der Waals surface area contributed by atoms with Gasteiger partial charge in [-0.1, -0.05) is 12.1 Å². The lowest BCUT2D eigenvalue weighted by atomic mass is 10.2. The molecule has 1 heterocycles. The van der Waals surface area contributed by atoms with E-state index in [4.69, 9.17) is 9.47 Å². The number of hydrogen-bond donors (Lipinski definition) is 1. The molecule has 6 nitrogen and oxygen atoms in total. The molecule has 0 aromatic heterocycles. The van der Waals surface area contributed by atoms with E-state index in [2.05, 4.69) is 5.32 Å². The second-order valence-corrected chi connectivity index (χ2v) is 8.76. The Morgan fingerprint density at radius 1 is 1.18 bits per heavy atom. The van der Waals surface area contributed by atoms with Crippen molar-refractivity contribution in [2.75, 3.05) is 31.6 Å². The molecule has 1 fully saturated rings. The van der Waals surface area contributed by atoms with Crippen molar-refractivity contribution < 1.29 is 22.3 Å². The van der Waals surface area contributed by atoms with Crippen LogP contribution in [0.25, 0.3) is 0 Å². The highest BCUT2D eigenvalue weighted by Gasteiger charge is 2.27. The Morgan fingerprint density at radius 3 is 2.61 bits per heavy atom. The molecule has 28 heavy (non-hydrogen) atoms. The highest BCUT2D eigenvalue weighted by Crippen LogP contribution is 2.30. The fraction of sp³-hybridized carbons (Fsp3) is 0.400. The maximum absolute atomic E-state index is 13.4. The summed E-state index contributed by atoms with van der Waals surface area (Å²) in [6, 6.07) is 11.0. The summed E-state index contributed by atoms with van der Waals surface area (Å²) in [5.74, 6) is 0.230. The van der Waals surface area contributed by atoms with Gasteiger partial charge in [0.15, 0.2) is 0 Å². The third-order valence-electron chi connectivity index (χ3n) is 4.29. The number of morpholine rings is 1. The largest absolute Gasteiger partial charge is 0.489 e. The van der Waals surface area contributed by atoms with Gasteiger partial charge >= 0.3 is 0 Å². The standard InChI is InChI=1S/C20H25FN2O4S/c1-15(2)27-20-7-6-18(28(24,25)23-8-10-26-11-9-23)13-19(20)22-14-16-4-3-5-17(21)12-16/h3-7,12-13,15,22H,8-11,14H2,1-2H3. The van der Waals surface area contributed by atoms with E-state index >= 15 is 0 Å². The fourth-order valence-corrected chi connectivity index (χ4v) is 4.38. The van der Waals surface area contributed by atoms with Gasteiger partial charge in [-0.2, -0.15) is 4.31 Å². The maximum atomic E-state index is 13.4. The molecule has 0 bridgehead atoms. The molecule has 2 aromatic rings. The van der Waals surface area contributed by atoms with Crippen molar-refractivity contribution in [2.45, 2.75) is 31.4 Å². The molecule has 1 aliphatic heterocycles. The van der Waals surface area contributed by atoms with Crippen molar-refractivity contribution in [1.82, 2.24) is 4.31 Å². The van der Waals surface area contributed by atoms with Gasteiger partial charge in [0.1, 0.15) is 11.6 Å². The van der Waals surface area contributed by atoms with Gasteiger partial charge in [0.25, 0.3) is 0 Å². The summed E-state index contributed by atoms with van der Waals surface area (Å²) in [7, 11) is -3.62. The number of rotatable bonds is 7. The molecule has 0 saturated carbocycles. The molecule has 0 atom stereocenters. The van der Waals surface area contributed by atoms with Crippen molar-refractivity contribution in [3.8, 4) is 5.75 Å². The molecular formula is C20H25FN2O4S. The zero-order valence-electron chi connectivity index (χ0n) is 16.0. The molecule has 1 aliphatic rings. The summed E-state index contributed by atoms with van der Waals surface area (Å²) in [5, 5.41) is 3.18. The number of hydrogen-bond acceptors (Lipinski definition) is 5. The minimum Gasteiger partial charge on any atom is -0.489 e. The highest BCUT2D eigenvalue weighted by atomic mass is 32.2. The first-order chi connectivity index (χ1) is 13.4. The molecule has 0 unspecified atom stereocenters. The molecule has 152 valence electrons. The Kier molecular flexibility index (Phi) is 6.53. The van der Waals surface area contributed by atoms with Gasteiger partial charge in [-0.3, -0.25) is 0 Å². The number of nitrogens with one attached hydrogen (secondary N) is 1. The van der Waals surface area contributed by atoms with Crippen LogP contribution in [-0.2, 0) is 21.3 Å². The van der Waals surface area contributed by atoms with Crippen LogP contribution in [0, 0.1) is 5.82 Å². The second-order valence-electron chi connectivity index (χ2n) is 6.82. The Balaban J connectivity index is 1.87. The van der Waals surface area contributed by atoms with Crippen LogP contribution in [0.3, 0.4) is 0 Å². The van der Waals surface area contributed by atoms with E-state index in [0.29, 0.717) is 44.3 Å². The molecule has 0 amide bonds. The summed E-state index contributed by atoms with van der Waals surface area (Å²) in [6.45, 7) is 5.57. The number of anilines is 1. The van der Waals surface area contributed by atoms with E-state index in [1.54, 1.807) is 30.3 Å². The molecule has 3 rings (SSSR count). The minimum atomic E-state index is -3.62. The lowest BCUT2D eigenvalue weighted by Gasteiger charge is -2.26. The number of halogens is 1. The number of nitrogens with zero attached hydrogens (tertiary/aromatic N) is 1. The van der Waals surface area contributed by atoms with Crippen molar-refractivity contribution in [2.24, 2.45) is 0 Å². The lowest BCUT2D eigenvalue weighted by Crippen LogP contribution is -2.40. The zero-order chi connectivity index (χ0) is 20.1. The van der Waals surface area contributed by atoms with Crippen LogP contribution in [-0.4, -0.2) is 45.1 Å². The smallest absolute Gasteiger partial charge is 0.243 e. The van der Waals surface area contributed by atoms with Gasteiger partial charge in [-0.05, 0) is 49.7 Å². The molecule has 1 saturated heterocycles. The predicted molar refractivity (Wildman–Crippen MR) is 106 cm³/mol. The van der Waals surface area contributed by atoms with Crippen LogP contribution >= 0.6 is 0 Å². The van der Waals surface area contributed by atoms with Gasteiger partial charge in [0, 0.05) is 19.6 Å². The van der Waals surface area contributed by atoms with E-state index in [9.17, 15) is 12.8 Å². The van der Waals surface area contributed by atoms with E-state index in [-0.39, 0.29) is 16.8 Å². The van der Waals surface area contributed by atoms with Gasteiger partial charge in [0.05, 0.1) is 29.9 Å². The van der Waals surface area contributed by atoms with Crippen LogP contribution in [0.2, 0.25) is 0 Å². The van der Waals surface area contributed by atoms with Gasteiger partial charge in [0.2, 0.25) is 10.0 Å². The minimum absolute atomic E-state index is 0.0728. The third-order valence-corrected chi connectivity index (χ3v) is 6.19. The van der Waals surface area contributed by atoms with Crippen LogP contribution < -0.4 is 10.1 Å². The van der Waals surface area contributed by atoms with Crippen molar-refractivity contribution >= 4 is 15.7 Å². The van der Waals surface area contributed by atoms with E-state index < -0.39 is 10.0 Å². The van der Waals surface area contributed by atoms with Crippen molar-refractivity contribution in [1.29, 1.82) is 0 Å². The molecule has 1 N–H and O–H groups in total. The average Bonchev–Trinajstić information content (AvgIpc) is 2.67. The number of benzene rings is 2. The van der Waals surface area contributed by atoms with Crippen LogP contribution in [0.15, 0.2) is 47.4 Å². The SMILES string of the molecule is CC(C)Oc1ccc(S(=O)(=O)N2CCOCC2)cc1NCc1cccc(F)c1. The van der Waals surface area contributed by atoms with E-state index in [0.717, 1.165) is 5.56 Å². The van der Waals surface area contributed by atoms with Crippen LogP contribution in [0.4, 0.5) is 10.1 Å². The molecule has 0 spiro atoms.